The predicted molar refractivity (Wildman–Crippen MR) is 121 cm³/mol. The van der Waals surface area contributed by atoms with Gasteiger partial charge >= 0.3 is 0 Å². The topological polar surface area (TPSA) is 94.3 Å². The summed E-state index contributed by atoms with van der Waals surface area (Å²) in [5.41, 5.74) is 2.62. The minimum Gasteiger partial charge on any atom is -0.368 e. The normalized spacial score (nSPS) is 10.5. The first-order chi connectivity index (χ1) is 14.3. The van der Waals surface area contributed by atoms with Crippen LogP contribution in [0.1, 0.15) is 17.1 Å². The third-order valence-corrected chi connectivity index (χ3v) is 4.91. The van der Waals surface area contributed by atoms with Crippen LogP contribution < -0.4 is 5.32 Å². The Bertz CT molecular complexity index is 972. The summed E-state index contributed by atoms with van der Waals surface area (Å²) in [5, 5.41) is 19.8. The first-order valence-electron chi connectivity index (χ1n) is 8.60. The monoisotopic (exact) mass is 491 g/mol. The number of hydrogen-bond donors (Lipinski definition) is 2. The number of aromatic nitrogens is 4. The number of nitrogens with zero attached hydrogens (tertiary/aromatic N) is 4. The number of anilines is 1. The Morgan fingerprint density at radius 3 is 2.60 bits per heavy atom. The van der Waals surface area contributed by atoms with E-state index >= 15 is 0 Å². The van der Waals surface area contributed by atoms with Crippen molar-refractivity contribution in [2.45, 2.75) is 20.3 Å². The van der Waals surface area contributed by atoms with E-state index in [1.54, 1.807) is 23.1 Å². The standard InChI is InChI=1S/C17H16Cl3N5.CH4O3S/c1-10-16(20)17(24-11(2)23-10)21-6-5-12-8-22-25(9-12)15-4-3-13(18)7-14(15)19;1-5-4-3-2/h3-4,7-9H,5-6H2,1-2H3,(H,21,23,24);2H,1H3. The molecule has 162 valence electrons. The van der Waals surface area contributed by atoms with Crippen LogP contribution in [0.4, 0.5) is 5.82 Å². The van der Waals surface area contributed by atoms with E-state index in [-0.39, 0.29) is 0 Å². The SMILES string of the molecule is CSOOO.Cc1nc(C)c(Cl)c(NCCc2cnn(-c3ccc(Cl)cc3Cl)c2)n1. The van der Waals surface area contributed by atoms with Crippen LogP contribution in [0, 0.1) is 13.8 Å². The molecule has 0 aliphatic carbocycles. The second-order valence-electron chi connectivity index (χ2n) is 5.89. The Morgan fingerprint density at radius 1 is 1.20 bits per heavy atom. The van der Waals surface area contributed by atoms with Gasteiger partial charge in [0.15, 0.2) is 0 Å². The number of rotatable bonds is 7. The maximum absolute atomic E-state index is 7.32. The first-order valence-corrected chi connectivity index (χ1v) is 10.9. The van der Waals surface area contributed by atoms with Crippen molar-refractivity contribution in [3.63, 3.8) is 0 Å². The predicted octanol–water partition coefficient (Wildman–Crippen LogP) is 5.58. The molecule has 0 saturated carbocycles. The molecule has 30 heavy (non-hydrogen) atoms. The lowest BCUT2D eigenvalue weighted by molar-refractivity contribution is -0.432. The molecule has 1 aromatic carbocycles. The van der Waals surface area contributed by atoms with Gasteiger partial charge in [0, 0.05) is 36.1 Å². The van der Waals surface area contributed by atoms with Gasteiger partial charge in [-0.2, -0.15) is 5.10 Å². The molecule has 3 aromatic rings. The van der Waals surface area contributed by atoms with Crippen molar-refractivity contribution in [3.8, 4) is 5.69 Å². The van der Waals surface area contributed by atoms with Crippen LogP contribution in [0.2, 0.25) is 15.1 Å². The van der Waals surface area contributed by atoms with E-state index in [1.807, 2.05) is 32.3 Å². The van der Waals surface area contributed by atoms with Gasteiger partial charge in [0.25, 0.3) is 0 Å². The molecule has 12 heteroatoms. The maximum Gasteiger partial charge on any atom is 0.148 e. The van der Waals surface area contributed by atoms with E-state index in [0.29, 0.717) is 33.3 Å². The summed E-state index contributed by atoms with van der Waals surface area (Å²) in [6.45, 7) is 4.38. The Hall–Kier alpha value is -1.59. The largest absolute Gasteiger partial charge is 0.368 e. The number of halogens is 3. The summed E-state index contributed by atoms with van der Waals surface area (Å²) in [4.78, 5) is 8.57. The fraction of sp³-hybridized carbons (Fsp3) is 0.278. The molecular weight excluding hydrogens is 473 g/mol. The Balaban J connectivity index is 0.000000575. The Kier molecular flexibility index (Phi) is 10.1. The molecule has 0 bridgehead atoms. The fourth-order valence-electron chi connectivity index (χ4n) is 2.46. The lowest BCUT2D eigenvalue weighted by Crippen LogP contribution is -2.08. The van der Waals surface area contributed by atoms with Crippen molar-refractivity contribution in [2.24, 2.45) is 0 Å². The highest BCUT2D eigenvalue weighted by atomic mass is 35.5. The van der Waals surface area contributed by atoms with Gasteiger partial charge in [-0.3, -0.25) is 0 Å². The second kappa shape index (κ2) is 12.3. The lowest BCUT2D eigenvalue weighted by atomic mass is 10.2. The van der Waals surface area contributed by atoms with Crippen LogP contribution in [-0.4, -0.2) is 37.8 Å². The summed E-state index contributed by atoms with van der Waals surface area (Å²) in [5.74, 6) is 1.34. The molecule has 0 aliphatic rings. The third-order valence-electron chi connectivity index (χ3n) is 3.73. The van der Waals surface area contributed by atoms with Crippen molar-refractivity contribution in [2.75, 3.05) is 18.1 Å². The second-order valence-corrected chi connectivity index (χ2v) is 7.58. The lowest BCUT2D eigenvalue weighted by Gasteiger charge is -2.09. The Morgan fingerprint density at radius 2 is 1.97 bits per heavy atom. The van der Waals surface area contributed by atoms with Gasteiger partial charge in [0.05, 0.1) is 22.6 Å². The smallest absolute Gasteiger partial charge is 0.148 e. The van der Waals surface area contributed by atoms with E-state index in [1.165, 1.54) is 0 Å². The van der Waals surface area contributed by atoms with Crippen molar-refractivity contribution in [1.29, 1.82) is 0 Å². The average Bonchev–Trinajstić information content (AvgIpc) is 3.15. The average molecular weight is 493 g/mol. The Labute approximate surface area is 193 Å². The van der Waals surface area contributed by atoms with Crippen LogP contribution in [0.15, 0.2) is 30.6 Å². The van der Waals surface area contributed by atoms with Gasteiger partial charge in [-0.15, -0.1) is 4.33 Å². The molecule has 2 aromatic heterocycles. The summed E-state index contributed by atoms with van der Waals surface area (Å²) in [6.07, 6.45) is 6.14. The number of hydrogen-bond acceptors (Lipinski definition) is 8. The minimum absolute atomic E-state index is 0.550. The highest BCUT2D eigenvalue weighted by molar-refractivity contribution is 7.93. The summed E-state index contributed by atoms with van der Waals surface area (Å²) in [6, 6.07) is 5.32. The molecule has 0 amide bonds. The zero-order chi connectivity index (χ0) is 22.1. The summed E-state index contributed by atoms with van der Waals surface area (Å²) in [7, 11) is 0. The number of nitrogens with one attached hydrogen (secondary N) is 1. The van der Waals surface area contributed by atoms with E-state index in [0.717, 1.165) is 35.4 Å². The zero-order valence-electron chi connectivity index (χ0n) is 16.4. The molecule has 0 unspecified atom stereocenters. The van der Waals surface area contributed by atoms with Crippen LogP contribution >= 0.6 is 46.8 Å². The summed E-state index contributed by atoms with van der Waals surface area (Å²) >= 11 is 19.3. The molecule has 8 nitrogen and oxygen atoms in total. The highest BCUT2D eigenvalue weighted by Crippen LogP contribution is 2.24. The van der Waals surface area contributed by atoms with E-state index in [4.69, 9.17) is 40.1 Å². The molecule has 0 aliphatic heterocycles. The van der Waals surface area contributed by atoms with Crippen molar-refractivity contribution in [3.05, 3.63) is 62.7 Å². The van der Waals surface area contributed by atoms with Crippen LogP contribution in [-0.2, 0) is 15.8 Å². The van der Waals surface area contributed by atoms with Gasteiger partial charge in [-0.1, -0.05) is 39.8 Å². The quantitative estimate of drug-likeness (QED) is 0.251. The van der Waals surface area contributed by atoms with Crippen LogP contribution in [0.3, 0.4) is 0 Å². The maximum atomic E-state index is 7.32. The fourth-order valence-corrected chi connectivity index (χ4v) is 3.17. The zero-order valence-corrected chi connectivity index (χ0v) is 19.5. The molecular formula is C18H20Cl3N5O3S. The van der Waals surface area contributed by atoms with Crippen molar-refractivity contribution >= 4 is 52.7 Å². The molecule has 0 saturated heterocycles. The van der Waals surface area contributed by atoms with E-state index < -0.39 is 0 Å². The van der Waals surface area contributed by atoms with E-state index in [9.17, 15) is 0 Å². The number of benzene rings is 1. The van der Waals surface area contributed by atoms with Gasteiger partial charge in [-0.25, -0.2) is 19.9 Å². The molecule has 0 radical (unpaired) electrons. The molecule has 0 atom stereocenters. The van der Waals surface area contributed by atoms with Crippen LogP contribution in [0.5, 0.6) is 0 Å². The van der Waals surface area contributed by atoms with E-state index in [2.05, 4.69) is 29.8 Å². The number of aryl methyl sites for hydroxylation is 2. The van der Waals surface area contributed by atoms with Crippen molar-refractivity contribution in [1.82, 2.24) is 19.7 Å². The van der Waals surface area contributed by atoms with Gasteiger partial charge < -0.3 is 5.32 Å². The first kappa shape index (κ1) is 24.7. The molecule has 3 rings (SSSR count). The van der Waals surface area contributed by atoms with Crippen molar-refractivity contribution < 1.29 is 14.6 Å². The molecule has 2 heterocycles. The summed E-state index contributed by atoms with van der Waals surface area (Å²) < 4.78 is 5.54. The van der Waals surface area contributed by atoms with Crippen LogP contribution in [0.25, 0.3) is 5.69 Å². The highest BCUT2D eigenvalue weighted by Gasteiger charge is 2.09. The molecule has 0 spiro atoms. The van der Waals surface area contributed by atoms with Gasteiger partial charge in [0.2, 0.25) is 0 Å². The van der Waals surface area contributed by atoms with Gasteiger partial charge in [-0.05, 0) is 44.0 Å². The third kappa shape index (κ3) is 7.28. The molecule has 0 fully saturated rings. The van der Waals surface area contributed by atoms with Gasteiger partial charge in [0.1, 0.15) is 16.7 Å². The molecule has 2 N–H and O–H groups in total. The minimum atomic E-state index is 0.550.